The number of carbonyl (C=O) groups excluding carboxylic acids is 2. The maximum Gasteiger partial charge on any atom is 0.307 e. The highest BCUT2D eigenvalue weighted by atomic mass is 35.5. The van der Waals surface area contributed by atoms with Crippen LogP contribution in [0, 0.1) is 10.1 Å². The van der Waals surface area contributed by atoms with E-state index in [1.165, 1.54) is 28.3 Å². The van der Waals surface area contributed by atoms with Gasteiger partial charge in [-0.05, 0) is 48.9 Å². The Bertz CT molecular complexity index is 1440. The Morgan fingerprint density at radius 3 is 2.77 bits per heavy atom. The topological polar surface area (TPSA) is 145 Å². The predicted octanol–water partition coefficient (Wildman–Crippen LogP) is 4.55. The van der Waals surface area contributed by atoms with Crippen LogP contribution >= 0.6 is 22.9 Å². The first-order valence-electron chi connectivity index (χ1n) is 10.1. The Kier molecular flexibility index (Phi) is 7.03. The van der Waals surface area contributed by atoms with Crippen LogP contribution in [0.25, 0.3) is 0 Å². The van der Waals surface area contributed by atoms with Crippen molar-refractivity contribution >= 4 is 51.8 Å². The number of nitrogens with one attached hydrogen (secondary N) is 2. The number of nitrogens with zero attached hydrogens (tertiary/aromatic N) is 4. The molecule has 2 N–H and O–H groups in total. The van der Waals surface area contributed by atoms with Gasteiger partial charge in [-0.25, -0.2) is 5.43 Å². The molecule has 0 saturated carbocycles. The van der Waals surface area contributed by atoms with E-state index < -0.39 is 10.8 Å². The molecule has 3 heterocycles. The van der Waals surface area contributed by atoms with Gasteiger partial charge < -0.3 is 9.73 Å². The maximum absolute atomic E-state index is 12.4. The van der Waals surface area contributed by atoms with Gasteiger partial charge in [0.25, 0.3) is 5.91 Å². The van der Waals surface area contributed by atoms with Crippen molar-refractivity contribution in [2.75, 3.05) is 5.32 Å². The molecule has 0 radical (unpaired) electrons. The minimum absolute atomic E-state index is 0.0221. The lowest BCUT2D eigenvalue weighted by molar-refractivity contribution is -0.385. The average molecular weight is 513 g/mol. The van der Waals surface area contributed by atoms with Crippen molar-refractivity contribution in [2.24, 2.45) is 5.10 Å². The number of thiophene rings is 1. The van der Waals surface area contributed by atoms with Crippen LogP contribution in [0.5, 0.6) is 0 Å². The van der Waals surface area contributed by atoms with Crippen LogP contribution in [0.15, 0.2) is 70.4 Å². The molecule has 0 saturated heterocycles. The average Bonchev–Trinajstić information content (AvgIpc) is 3.59. The highest BCUT2D eigenvalue weighted by Crippen LogP contribution is 2.23. The number of hydrogen-bond acceptors (Lipinski definition) is 8. The second-order valence-corrected chi connectivity index (χ2v) is 8.91. The Balaban J connectivity index is 1.37. The molecule has 0 fully saturated rings. The van der Waals surface area contributed by atoms with Gasteiger partial charge in [-0.1, -0.05) is 23.7 Å². The number of nitro groups is 1. The van der Waals surface area contributed by atoms with Gasteiger partial charge in [0.15, 0.2) is 5.76 Å². The van der Waals surface area contributed by atoms with Gasteiger partial charge in [0.2, 0.25) is 0 Å². The number of hydrazone groups is 1. The fourth-order valence-electron chi connectivity index (χ4n) is 2.98. The highest BCUT2D eigenvalue weighted by molar-refractivity contribution is 7.18. The maximum atomic E-state index is 12.4. The van der Waals surface area contributed by atoms with Crippen LogP contribution < -0.4 is 10.7 Å². The minimum Gasteiger partial charge on any atom is -0.454 e. The van der Waals surface area contributed by atoms with E-state index in [4.69, 9.17) is 16.0 Å². The lowest BCUT2D eigenvalue weighted by atomic mass is 10.1. The fourth-order valence-corrected chi connectivity index (χ4v) is 3.92. The first-order valence-corrected chi connectivity index (χ1v) is 11.3. The van der Waals surface area contributed by atoms with Gasteiger partial charge in [0.05, 0.1) is 26.4 Å². The first-order chi connectivity index (χ1) is 16.8. The summed E-state index contributed by atoms with van der Waals surface area (Å²) < 4.78 is 7.35. The number of furan rings is 1. The Labute approximate surface area is 207 Å². The number of anilines is 1. The number of carbonyl (C=O) groups is 2. The Morgan fingerprint density at radius 1 is 1.23 bits per heavy atom. The number of rotatable bonds is 8. The van der Waals surface area contributed by atoms with Crippen LogP contribution in [0.3, 0.4) is 0 Å². The third-order valence-corrected chi connectivity index (χ3v) is 5.92. The molecule has 0 bridgehead atoms. The van der Waals surface area contributed by atoms with Gasteiger partial charge in [0.1, 0.15) is 18.2 Å². The normalized spacial score (nSPS) is 11.3. The number of hydrogen-bond donors (Lipinski definition) is 2. The molecule has 0 atom stereocenters. The molecule has 178 valence electrons. The van der Waals surface area contributed by atoms with Gasteiger partial charge >= 0.3 is 11.6 Å². The zero-order valence-corrected chi connectivity index (χ0v) is 19.7. The van der Waals surface area contributed by atoms with Crippen LogP contribution in [-0.2, 0) is 6.54 Å². The number of amides is 2. The summed E-state index contributed by atoms with van der Waals surface area (Å²) in [5.41, 5.74) is 4.04. The van der Waals surface area contributed by atoms with Crippen molar-refractivity contribution in [3.8, 4) is 0 Å². The van der Waals surface area contributed by atoms with Crippen LogP contribution in [0.4, 0.5) is 11.4 Å². The number of aromatic nitrogens is 2. The van der Waals surface area contributed by atoms with E-state index in [-0.39, 0.29) is 23.9 Å². The molecule has 0 spiro atoms. The summed E-state index contributed by atoms with van der Waals surface area (Å²) in [6.45, 7) is 1.83. The summed E-state index contributed by atoms with van der Waals surface area (Å²) >= 11 is 7.06. The third-order valence-electron chi connectivity index (χ3n) is 4.69. The first kappa shape index (κ1) is 23.9. The second-order valence-electron chi connectivity index (χ2n) is 7.20. The van der Waals surface area contributed by atoms with E-state index in [2.05, 4.69) is 20.9 Å². The lowest BCUT2D eigenvalue weighted by Crippen LogP contribution is -2.19. The standard InChI is InChI=1S/C22H17ClN6O5S/c1-13(14-3-2-4-15(9-14)25-22(31)19-7-8-20(23)35-19)26-27-21(30)18-6-5-17(34-18)12-28-11-16(10-24-28)29(32)33/h2-11H,12H2,1H3,(H,25,31)(H,27,30)/b26-13-. The molecule has 4 aromatic rings. The number of benzene rings is 1. The minimum atomic E-state index is -0.568. The molecular formula is C22H17ClN6O5S. The third kappa shape index (κ3) is 5.99. The van der Waals surface area contributed by atoms with Gasteiger partial charge in [0, 0.05) is 5.69 Å². The van der Waals surface area contributed by atoms with Crippen LogP contribution in [0.1, 0.15) is 38.5 Å². The van der Waals surface area contributed by atoms with E-state index >= 15 is 0 Å². The van der Waals surface area contributed by atoms with Gasteiger partial charge in [-0.15, -0.1) is 11.3 Å². The molecule has 0 aliphatic carbocycles. The summed E-state index contributed by atoms with van der Waals surface area (Å²) in [5.74, 6) is -0.431. The molecular weight excluding hydrogens is 496 g/mol. The van der Waals surface area contributed by atoms with E-state index in [0.717, 1.165) is 6.20 Å². The molecule has 0 aliphatic rings. The van der Waals surface area contributed by atoms with Crippen LogP contribution in [-0.4, -0.2) is 32.2 Å². The summed E-state index contributed by atoms with van der Waals surface area (Å²) in [4.78, 5) is 35.5. The Hall–Kier alpha value is -4.29. The highest BCUT2D eigenvalue weighted by Gasteiger charge is 2.14. The smallest absolute Gasteiger partial charge is 0.307 e. The van der Waals surface area contributed by atoms with Gasteiger partial charge in [-0.3, -0.25) is 24.4 Å². The Morgan fingerprint density at radius 2 is 2.06 bits per heavy atom. The molecule has 11 nitrogen and oxygen atoms in total. The zero-order valence-electron chi connectivity index (χ0n) is 18.1. The molecule has 0 aliphatic heterocycles. The molecule has 1 aromatic carbocycles. The van der Waals surface area contributed by atoms with Crippen molar-refractivity contribution in [1.29, 1.82) is 0 Å². The van der Waals surface area contributed by atoms with Crippen molar-refractivity contribution in [3.63, 3.8) is 0 Å². The lowest BCUT2D eigenvalue weighted by Gasteiger charge is -2.07. The van der Waals surface area contributed by atoms with Crippen molar-refractivity contribution in [1.82, 2.24) is 15.2 Å². The molecule has 35 heavy (non-hydrogen) atoms. The van der Waals surface area contributed by atoms with E-state index in [0.29, 0.717) is 31.9 Å². The molecule has 0 unspecified atom stereocenters. The summed E-state index contributed by atoms with van der Waals surface area (Å²) in [7, 11) is 0. The fraction of sp³-hybridized carbons (Fsp3) is 0.0909. The monoisotopic (exact) mass is 512 g/mol. The van der Waals surface area contributed by atoms with Crippen molar-refractivity contribution in [3.05, 3.63) is 97.3 Å². The summed E-state index contributed by atoms with van der Waals surface area (Å²) in [6.07, 6.45) is 2.40. The van der Waals surface area contributed by atoms with E-state index in [9.17, 15) is 19.7 Å². The molecule has 3 aromatic heterocycles. The molecule has 4 rings (SSSR count). The van der Waals surface area contributed by atoms with E-state index in [1.807, 2.05) is 0 Å². The van der Waals surface area contributed by atoms with E-state index in [1.54, 1.807) is 49.4 Å². The molecule has 2 amide bonds. The van der Waals surface area contributed by atoms with Crippen molar-refractivity contribution < 1.29 is 18.9 Å². The second kappa shape index (κ2) is 10.3. The molecule has 13 heteroatoms. The largest absolute Gasteiger partial charge is 0.454 e. The van der Waals surface area contributed by atoms with Crippen molar-refractivity contribution in [2.45, 2.75) is 13.5 Å². The van der Waals surface area contributed by atoms with Crippen LogP contribution in [0.2, 0.25) is 4.34 Å². The predicted molar refractivity (Wildman–Crippen MR) is 130 cm³/mol. The summed E-state index contributed by atoms with van der Waals surface area (Å²) in [6, 6.07) is 13.4. The number of halogens is 1. The zero-order chi connectivity index (χ0) is 24.9. The van der Waals surface area contributed by atoms with Gasteiger partial charge in [-0.2, -0.15) is 10.2 Å². The SMILES string of the molecule is C/C(=N/NC(=O)c1ccc(Cn2cc([N+](=O)[O-])cn2)o1)c1cccc(NC(=O)c2ccc(Cl)s2)c1. The quantitative estimate of drug-likeness (QED) is 0.201. The summed E-state index contributed by atoms with van der Waals surface area (Å²) in [5, 5.41) is 21.5.